The molecule has 0 bridgehead atoms. The second kappa shape index (κ2) is 6.55. The fourth-order valence-electron chi connectivity index (χ4n) is 1.35. The predicted molar refractivity (Wildman–Crippen MR) is 66.9 cm³/mol. The van der Waals surface area contributed by atoms with Crippen LogP contribution in [-0.2, 0) is 4.74 Å². The molecule has 7 nitrogen and oxygen atoms in total. The summed E-state index contributed by atoms with van der Waals surface area (Å²) in [5, 5.41) is 38.1. The highest BCUT2D eigenvalue weighted by Gasteiger charge is 2.17. The van der Waals surface area contributed by atoms with Crippen molar-refractivity contribution in [3.8, 4) is 24.0 Å². The van der Waals surface area contributed by atoms with E-state index < -0.39 is 34.4 Å². The third-order valence-corrected chi connectivity index (χ3v) is 2.34. The fourth-order valence-corrected chi connectivity index (χ4v) is 1.35. The Balaban J connectivity index is 3.37. The highest BCUT2D eigenvalue weighted by atomic mass is 19.1. The first-order valence-electron chi connectivity index (χ1n) is 5.30. The third-order valence-electron chi connectivity index (χ3n) is 2.34. The molecule has 0 heterocycles. The maximum absolute atomic E-state index is 13.5. The van der Waals surface area contributed by atoms with Crippen molar-refractivity contribution in [2.45, 2.75) is 0 Å². The number of methoxy groups -OCH3 is 1. The van der Waals surface area contributed by atoms with Crippen LogP contribution < -0.4 is 5.32 Å². The van der Waals surface area contributed by atoms with E-state index in [2.05, 4.69) is 10.1 Å². The fraction of sp³-hybridized carbons (Fsp3) is 0.0769. The van der Waals surface area contributed by atoms with Gasteiger partial charge in [0.25, 0.3) is 0 Å². The second-order valence-electron chi connectivity index (χ2n) is 3.55. The Bertz CT molecular complexity index is 734. The lowest BCUT2D eigenvalue weighted by Gasteiger charge is -2.09. The number of allylic oxidation sites excluding steroid dienone is 2. The number of rotatable bonds is 3. The van der Waals surface area contributed by atoms with E-state index in [1.807, 2.05) is 0 Å². The lowest BCUT2D eigenvalue weighted by Crippen LogP contribution is -2.07. The molecule has 0 saturated heterocycles. The van der Waals surface area contributed by atoms with Crippen LogP contribution in [0, 0.1) is 39.8 Å². The largest absolute Gasteiger partial charge is 0.506 e. The summed E-state index contributed by atoms with van der Waals surface area (Å²) in [5.74, 6) is -2.62. The average Bonchev–Trinajstić information content (AvgIpc) is 2.48. The number of carbonyl (C=O) groups is 1. The molecule has 1 aromatic carbocycles. The number of hydrogen-bond acceptors (Lipinski definition) is 7. The van der Waals surface area contributed by atoms with Crippen LogP contribution >= 0.6 is 0 Å². The number of benzene rings is 1. The van der Waals surface area contributed by atoms with E-state index in [-0.39, 0.29) is 5.69 Å². The molecule has 0 radical (unpaired) electrons. The number of carbonyl (C=O) groups excluding carboxylic acids is 1. The zero-order valence-electron chi connectivity index (χ0n) is 10.6. The molecule has 0 unspecified atom stereocenters. The minimum absolute atomic E-state index is 0.226. The van der Waals surface area contributed by atoms with E-state index in [1.54, 1.807) is 6.07 Å². The van der Waals surface area contributed by atoms with Crippen molar-refractivity contribution >= 4 is 11.7 Å². The van der Waals surface area contributed by atoms with Crippen LogP contribution in [0.25, 0.3) is 0 Å². The molecule has 0 aliphatic carbocycles. The SMILES string of the molecule is COC(=O)c1cc(NC(C#N)=C(C#N)C#N)c(O)cc1F. The highest BCUT2D eigenvalue weighted by Crippen LogP contribution is 2.28. The smallest absolute Gasteiger partial charge is 0.340 e. The third kappa shape index (κ3) is 3.25. The molecule has 0 amide bonds. The molecule has 21 heavy (non-hydrogen) atoms. The van der Waals surface area contributed by atoms with Gasteiger partial charge in [0.2, 0.25) is 0 Å². The lowest BCUT2D eigenvalue weighted by atomic mass is 10.1. The molecule has 8 heteroatoms. The Kier molecular flexibility index (Phi) is 4.83. The summed E-state index contributed by atoms with van der Waals surface area (Å²) in [6, 6.07) is 6.08. The molecule has 0 atom stereocenters. The van der Waals surface area contributed by atoms with Crippen molar-refractivity contribution in [2.75, 3.05) is 12.4 Å². The number of hydrogen-bond donors (Lipinski definition) is 2. The van der Waals surface area contributed by atoms with Crippen molar-refractivity contribution in [1.29, 1.82) is 15.8 Å². The normalized spacial score (nSPS) is 8.71. The Hall–Kier alpha value is -3.57. The van der Waals surface area contributed by atoms with Gasteiger partial charge in [-0.15, -0.1) is 0 Å². The molecule has 0 spiro atoms. The summed E-state index contributed by atoms with van der Waals surface area (Å²) >= 11 is 0. The molecular formula is C13H7FN4O3. The quantitative estimate of drug-likeness (QED) is 0.489. The van der Waals surface area contributed by atoms with E-state index in [4.69, 9.17) is 15.8 Å². The molecule has 0 saturated carbocycles. The van der Waals surface area contributed by atoms with Crippen molar-refractivity contribution < 1.29 is 19.0 Å². The Morgan fingerprint density at radius 3 is 2.38 bits per heavy atom. The highest BCUT2D eigenvalue weighted by molar-refractivity contribution is 5.91. The molecule has 104 valence electrons. The van der Waals surface area contributed by atoms with Gasteiger partial charge in [0.1, 0.15) is 35.5 Å². The van der Waals surface area contributed by atoms with E-state index in [0.29, 0.717) is 6.07 Å². The van der Waals surface area contributed by atoms with E-state index >= 15 is 0 Å². The van der Waals surface area contributed by atoms with Crippen molar-refractivity contribution in [3.05, 3.63) is 34.8 Å². The van der Waals surface area contributed by atoms with E-state index in [1.165, 1.54) is 12.1 Å². The summed E-state index contributed by atoms with van der Waals surface area (Å²) in [6.07, 6.45) is 0. The van der Waals surface area contributed by atoms with Gasteiger partial charge in [0.15, 0.2) is 5.57 Å². The van der Waals surface area contributed by atoms with Gasteiger partial charge < -0.3 is 15.2 Å². The minimum atomic E-state index is -1.02. The van der Waals surface area contributed by atoms with Crippen LogP contribution in [0.15, 0.2) is 23.4 Å². The van der Waals surface area contributed by atoms with Crippen molar-refractivity contribution in [3.63, 3.8) is 0 Å². The topological polar surface area (TPSA) is 130 Å². The number of ether oxygens (including phenoxy) is 1. The van der Waals surface area contributed by atoms with Crippen LogP contribution in [0.3, 0.4) is 0 Å². The molecule has 1 aromatic rings. The number of nitriles is 3. The average molecular weight is 286 g/mol. The standard InChI is InChI=1S/C13H7FN4O3/c1-21-13(20)8-2-10(12(19)3-9(8)14)18-11(6-17)7(4-15)5-16/h2-3,18-19H,1H3. The van der Waals surface area contributed by atoms with Gasteiger partial charge in [0, 0.05) is 6.07 Å². The number of nitrogens with one attached hydrogen (secondary N) is 1. The van der Waals surface area contributed by atoms with Crippen LogP contribution in [-0.4, -0.2) is 18.2 Å². The summed E-state index contributed by atoms with van der Waals surface area (Å²) in [5.41, 5.74) is -1.68. The van der Waals surface area contributed by atoms with Gasteiger partial charge in [-0.25, -0.2) is 9.18 Å². The minimum Gasteiger partial charge on any atom is -0.506 e. The number of nitrogens with zero attached hydrogens (tertiary/aromatic N) is 3. The van der Waals surface area contributed by atoms with Crippen molar-refractivity contribution in [2.24, 2.45) is 0 Å². The summed E-state index contributed by atoms with van der Waals surface area (Å²) in [7, 11) is 1.05. The number of esters is 1. The van der Waals surface area contributed by atoms with Gasteiger partial charge in [-0.2, -0.15) is 15.8 Å². The summed E-state index contributed by atoms with van der Waals surface area (Å²) < 4.78 is 17.9. The maximum atomic E-state index is 13.5. The van der Waals surface area contributed by atoms with E-state index in [0.717, 1.165) is 13.2 Å². The van der Waals surface area contributed by atoms with Crippen LogP contribution in [0.1, 0.15) is 10.4 Å². The number of aromatic hydroxyl groups is 1. The molecule has 0 aliphatic rings. The van der Waals surface area contributed by atoms with Gasteiger partial charge in [-0.05, 0) is 6.07 Å². The first-order chi connectivity index (χ1) is 9.98. The van der Waals surface area contributed by atoms with Crippen LogP contribution in [0.4, 0.5) is 10.1 Å². The van der Waals surface area contributed by atoms with Gasteiger partial charge in [-0.1, -0.05) is 0 Å². The van der Waals surface area contributed by atoms with Gasteiger partial charge in [-0.3, -0.25) is 0 Å². The van der Waals surface area contributed by atoms with E-state index in [9.17, 15) is 14.3 Å². The molecule has 0 aliphatic heterocycles. The molecule has 0 aromatic heterocycles. The van der Waals surface area contributed by atoms with Crippen molar-refractivity contribution in [1.82, 2.24) is 0 Å². The molecule has 1 rings (SSSR count). The number of halogens is 1. The first-order valence-corrected chi connectivity index (χ1v) is 5.30. The summed E-state index contributed by atoms with van der Waals surface area (Å²) in [4.78, 5) is 11.3. The number of anilines is 1. The predicted octanol–water partition coefficient (Wildman–Crippen LogP) is 1.55. The number of phenolic OH excluding ortho intramolecular Hbond substituents is 1. The first kappa shape index (κ1) is 15.5. The molecular weight excluding hydrogens is 279 g/mol. The van der Waals surface area contributed by atoms with Gasteiger partial charge >= 0.3 is 5.97 Å². The maximum Gasteiger partial charge on any atom is 0.340 e. The van der Waals surface area contributed by atoms with Gasteiger partial charge in [0.05, 0.1) is 18.4 Å². The Labute approximate surface area is 118 Å². The monoisotopic (exact) mass is 286 g/mol. The summed E-state index contributed by atoms with van der Waals surface area (Å²) in [6.45, 7) is 0. The number of phenols is 1. The lowest BCUT2D eigenvalue weighted by molar-refractivity contribution is 0.0595. The Morgan fingerprint density at radius 2 is 1.90 bits per heavy atom. The molecule has 2 N–H and O–H groups in total. The zero-order valence-corrected chi connectivity index (χ0v) is 10.6. The Morgan fingerprint density at radius 1 is 1.29 bits per heavy atom. The van der Waals surface area contributed by atoms with Crippen LogP contribution in [0.2, 0.25) is 0 Å². The second-order valence-corrected chi connectivity index (χ2v) is 3.55. The zero-order chi connectivity index (χ0) is 16.0. The van der Waals surface area contributed by atoms with Crippen LogP contribution in [0.5, 0.6) is 5.75 Å². The molecule has 0 fully saturated rings.